The van der Waals surface area contributed by atoms with Gasteiger partial charge in [0.1, 0.15) is 11.8 Å². The number of amides is 1. The van der Waals surface area contributed by atoms with Crippen molar-refractivity contribution in [3.63, 3.8) is 0 Å². The van der Waals surface area contributed by atoms with Crippen molar-refractivity contribution >= 4 is 120 Å². The molecule has 0 bridgehead atoms. The third-order valence-corrected chi connectivity index (χ3v) is 11.4. The molecule has 4 N–H and O–H groups in total. The molecule has 4 rings (SSSR count). The van der Waals surface area contributed by atoms with Crippen molar-refractivity contribution in [1.29, 1.82) is 0 Å². The Morgan fingerprint density at radius 3 is 2.35 bits per heavy atom. The van der Waals surface area contributed by atoms with Gasteiger partial charge in [-0.25, -0.2) is 0 Å². The molecule has 1 amide bonds. The van der Waals surface area contributed by atoms with Gasteiger partial charge < -0.3 is 30.3 Å². The van der Waals surface area contributed by atoms with E-state index in [9.17, 15) is 19.5 Å². The molecule has 2 aromatic carbocycles. The quantitative estimate of drug-likeness (QED) is 0.0437. The summed E-state index contributed by atoms with van der Waals surface area (Å²) < 4.78 is 15.0. The van der Waals surface area contributed by atoms with Gasteiger partial charge in [-0.1, -0.05) is 24.3 Å². The van der Waals surface area contributed by atoms with E-state index in [1.54, 1.807) is 29.5 Å². The van der Waals surface area contributed by atoms with Crippen LogP contribution in [-0.4, -0.2) is 57.7 Å². The minimum atomic E-state index is -1.05. The summed E-state index contributed by atoms with van der Waals surface area (Å²) in [5, 5.41) is 23.5. The smallest absolute Gasteiger partial charge is 0.320 e. The SMILES string of the molecule is NC(Cc1cc(I)c(Oc2cc(I)c(OC(=O)CCC/C=C\CN3C(=O)CCC3/C=C/C(O)Cc3ccsc3)c(I)c2)c(I)c1)C(=O)O. The zero-order chi connectivity index (χ0) is 34.8. The van der Waals surface area contributed by atoms with Crippen molar-refractivity contribution in [3.8, 4) is 17.2 Å². The molecule has 48 heavy (non-hydrogen) atoms. The maximum atomic E-state index is 12.7. The molecule has 0 aliphatic carbocycles. The topological polar surface area (TPSA) is 139 Å². The first-order valence-electron chi connectivity index (χ1n) is 15.1. The summed E-state index contributed by atoms with van der Waals surface area (Å²) in [6.45, 7) is 0.491. The molecule has 256 valence electrons. The van der Waals surface area contributed by atoms with E-state index in [1.807, 2.05) is 52.1 Å². The van der Waals surface area contributed by atoms with E-state index >= 15 is 0 Å². The standard InChI is InChI=1S/C34H34I4N2O7S/c35-25-14-21(16-29(39)34(44)45)15-26(36)32(25)46-24-17-27(37)33(28(38)18-24)47-31(43)5-3-1-2-4-11-40-22(7-9-30(40)42)6-8-23(41)13-20-10-12-48-19-20/h2,4,6,8,10,12,14-15,17-19,22-23,29,41H,1,3,5,7,9,11,13,16,39H2,(H,44,45)/b4-2-,8-6+. The molecule has 0 saturated carbocycles. The number of aliphatic carboxylic acids is 1. The van der Waals surface area contributed by atoms with Gasteiger partial charge in [-0.2, -0.15) is 11.3 Å². The summed E-state index contributed by atoms with van der Waals surface area (Å²) in [4.78, 5) is 38.1. The van der Waals surface area contributed by atoms with Crippen LogP contribution in [-0.2, 0) is 27.2 Å². The van der Waals surface area contributed by atoms with Crippen LogP contribution in [0.5, 0.6) is 17.2 Å². The van der Waals surface area contributed by atoms with Crippen LogP contribution in [0.15, 0.2) is 65.4 Å². The van der Waals surface area contributed by atoms with Gasteiger partial charge in [-0.3, -0.25) is 14.4 Å². The van der Waals surface area contributed by atoms with Crippen LogP contribution in [0.4, 0.5) is 0 Å². The highest BCUT2D eigenvalue weighted by Gasteiger charge is 2.28. The van der Waals surface area contributed by atoms with Crippen molar-refractivity contribution in [2.45, 2.75) is 63.1 Å². The maximum Gasteiger partial charge on any atom is 0.320 e. The van der Waals surface area contributed by atoms with Crippen LogP contribution in [0.2, 0.25) is 0 Å². The van der Waals surface area contributed by atoms with E-state index < -0.39 is 18.1 Å². The zero-order valence-corrected chi connectivity index (χ0v) is 35.1. The third-order valence-electron chi connectivity index (χ3n) is 7.41. The minimum Gasteiger partial charge on any atom is -0.480 e. The monoisotopic (exact) mass is 1120 g/mol. The number of carbonyl (C=O) groups excluding carboxylic acids is 2. The van der Waals surface area contributed by atoms with Gasteiger partial charge in [0.2, 0.25) is 5.91 Å². The van der Waals surface area contributed by atoms with E-state index in [0.29, 0.717) is 49.5 Å². The summed E-state index contributed by atoms with van der Waals surface area (Å²) in [5.41, 5.74) is 7.62. The lowest BCUT2D eigenvalue weighted by atomic mass is 10.1. The van der Waals surface area contributed by atoms with Gasteiger partial charge >= 0.3 is 11.9 Å². The fraction of sp³-hybridized carbons (Fsp3) is 0.324. The van der Waals surface area contributed by atoms with Crippen molar-refractivity contribution in [2.24, 2.45) is 5.73 Å². The Hall–Kier alpha value is -1.33. The molecule has 1 aliphatic heterocycles. The lowest BCUT2D eigenvalue weighted by molar-refractivity contribution is -0.138. The maximum absolute atomic E-state index is 12.7. The molecular weight excluding hydrogens is 1090 g/mol. The summed E-state index contributed by atoms with van der Waals surface area (Å²) in [7, 11) is 0. The number of nitrogens with zero attached hydrogens (tertiary/aromatic N) is 1. The normalized spacial score (nSPS) is 16.2. The van der Waals surface area contributed by atoms with Gasteiger partial charge in [-0.15, -0.1) is 0 Å². The molecule has 1 aromatic heterocycles. The second-order valence-corrected chi connectivity index (χ2v) is 16.6. The van der Waals surface area contributed by atoms with Crippen LogP contribution in [0.3, 0.4) is 0 Å². The van der Waals surface area contributed by atoms with E-state index in [4.69, 9.17) is 20.3 Å². The number of aliphatic hydroxyl groups excluding tert-OH is 1. The molecule has 3 aromatic rings. The lowest BCUT2D eigenvalue weighted by Crippen LogP contribution is -2.32. The number of allylic oxidation sites excluding steroid dienone is 1. The summed E-state index contributed by atoms with van der Waals surface area (Å²) in [6, 6.07) is 8.34. The first-order valence-corrected chi connectivity index (χ1v) is 20.3. The number of unbranched alkanes of at least 4 members (excludes halogenated alkanes) is 1. The molecule has 1 saturated heterocycles. The Balaban J connectivity index is 1.23. The number of aliphatic hydroxyl groups is 1. The average Bonchev–Trinajstić information content (AvgIpc) is 3.66. The van der Waals surface area contributed by atoms with Gasteiger partial charge in [-0.05, 0) is 168 Å². The number of carboxylic acid groups (broad SMARTS) is 1. The molecule has 1 aliphatic rings. The molecule has 1 fully saturated rings. The predicted octanol–water partition coefficient (Wildman–Crippen LogP) is 7.70. The summed E-state index contributed by atoms with van der Waals surface area (Å²) >= 11 is 10.2. The van der Waals surface area contributed by atoms with Crippen molar-refractivity contribution < 1.29 is 34.1 Å². The van der Waals surface area contributed by atoms with Crippen LogP contribution in [0.1, 0.15) is 43.2 Å². The highest BCUT2D eigenvalue weighted by atomic mass is 127. The van der Waals surface area contributed by atoms with Gasteiger partial charge in [0, 0.05) is 25.8 Å². The fourth-order valence-corrected chi connectivity index (χ4v) is 9.71. The van der Waals surface area contributed by atoms with Crippen molar-refractivity contribution in [1.82, 2.24) is 4.90 Å². The second kappa shape index (κ2) is 19.3. The number of nitrogens with two attached hydrogens (primary N) is 1. The molecule has 0 radical (unpaired) electrons. The number of likely N-dealkylation sites (tertiary alicyclic amines) is 1. The molecule has 0 spiro atoms. The molecule has 14 heteroatoms. The Morgan fingerprint density at radius 2 is 1.71 bits per heavy atom. The Kier molecular flexibility index (Phi) is 15.9. The Morgan fingerprint density at radius 1 is 1.02 bits per heavy atom. The van der Waals surface area contributed by atoms with E-state index in [0.717, 1.165) is 31.8 Å². The summed E-state index contributed by atoms with van der Waals surface area (Å²) in [6.07, 6.45) is 10.6. The molecular formula is C34H34I4N2O7S. The number of carboxylic acids is 1. The van der Waals surface area contributed by atoms with Crippen LogP contribution in [0, 0.1) is 14.3 Å². The van der Waals surface area contributed by atoms with E-state index in [1.165, 1.54) is 0 Å². The van der Waals surface area contributed by atoms with Gasteiger partial charge in [0.05, 0.1) is 26.4 Å². The van der Waals surface area contributed by atoms with Gasteiger partial charge in [0.15, 0.2) is 11.5 Å². The van der Waals surface area contributed by atoms with E-state index in [2.05, 4.69) is 90.4 Å². The van der Waals surface area contributed by atoms with Crippen LogP contribution >= 0.6 is 102 Å². The number of halogens is 4. The zero-order valence-electron chi connectivity index (χ0n) is 25.6. The number of carbonyl (C=O) groups is 3. The largest absolute Gasteiger partial charge is 0.480 e. The molecule has 9 nitrogen and oxygen atoms in total. The highest BCUT2D eigenvalue weighted by Crippen LogP contribution is 2.37. The summed E-state index contributed by atoms with van der Waals surface area (Å²) in [5.74, 6) is 0.453. The minimum absolute atomic E-state index is 0.0290. The predicted molar refractivity (Wildman–Crippen MR) is 220 cm³/mol. The number of esters is 1. The number of hydrogen-bond acceptors (Lipinski definition) is 8. The van der Waals surface area contributed by atoms with Gasteiger partial charge in [0.25, 0.3) is 0 Å². The number of hydrogen-bond donors (Lipinski definition) is 3. The number of benzene rings is 2. The first kappa shape index (κ1) is 39.5. The average molecular weight is 1120 g/mol. The van der Waals surface area contributed by atoms with E-state index in [-0.39, 0.29) is 30.8 Å². The van der Waals surface area contributed by atoms with Crippen molar-refractivity contribution in [2.75, 3.05) is 6.54 Å². The number of ether oxygens (including phenoxy) is 2. The van der Waals surface area contributed by atoms with Crippen LogP contribution in [0.25, 0.3) is 0 Å². The highest BCUT2D eigenvalue weighted by molar-refractivity contribution is 14.1. The van der Waals surface area contributed by atoms with Crippen molar-refractivity contribution in [3.05, 3.63) is 90.8 Å². The first-order chi connectivity index (χ1) is 22.9. The lowest BCUT2D eigenvalue weighted by Gasteiger charge is -2.21. The Labute approximate surface area is 338 Å². The third kappa shape index (κ3) is 11.9. The fourth-order valence-electron chi connectivity index (χ4n) is 4.98. The number of thiophene rings is 1. The molecule has 3 unspecified atom stereocenters. The second-order valence-electron chi connectivity index (χ2n) is 11.1. The van der Waals surface area contributed by atoms with Crippen LogP contribution < -0.4 is 15.2 Å². The molecule has 2 heterocycles. The number of rotatable bonds is 16. The Bertz CT molecular complexity index is 1620. The molecule has 3 atom stereocenters.